The molecule has 1 aliphatic heterocycles. The quantitative estimate of drug-likeness (QED) is 0.551. The Morgan fingerprint density at radius 2 is 1.73 bits per heavy atom. The standard InChI is InChI=1S/C24H18N2O4/c27-23(14-26-19-6-2-4-8-21(19)29-15-24(26)28)25-18-11-9-16(10-12-18)22-13-17-5-1-3-7-20(17)30-22/h1-13H,14-15H2,(H,25,27). The van der Waals surface area contributed by atoms with Crippen LogP contribution in [0.3, 0.4) is 0 Å². The van der Waals surface area contributed by atoms with Crippen molar-refractivity contribution in [3.05, 3.63) is 78.9 Å². The number of rotatable bonds is 4. The Labute approximate surface area is 172 Å². The highest BCUT2D eigenvalue weighted by Crippen LogP contribution is 2.31. The molecule has 2 amide bonds. The third-order valence-corrected chi connectivity index (χ3v) is 4.99. The molecule has 148 valence electrons. The van der Waals surface area contributed by atoms with E-state index in [9.17, 15) is 9.59 Å². The van der Waals surface area contributed by atoms with E-state index in [1.54, 1.807) is 12.1 Å². The molecule has 1 aliphatic rings. The zero-order chi connectivity index (χ0) is 20.5. The first-order valence-corrected chi connectivity index (χ1v) is 9.58. The van der Waals surface area contributed by atoms with Crippen molar-refractivity contribution in [3.8, 4) is 17.1 Å². The fourth-order valence-corrected chi connectivity index (χ4v) is 3.51. The van der Waals surface area contributed by atoms with Crippen molar-refractivity contribution in [2.75, 3.05) is 23.4 Å². The zero-order valence-electron chi connectivity index (χ0n) is 16.0. The topological polar surface area (TPSA) is 71.8 Å². The first-order valence-electron chi connectivity index (χ1n) is 9.58. The molecule has 4 aromatic rings. The molecule has 0 bridgehead atoms. The summed E-state index contributed by atoms with van der Waals surface area (Å²) in [6.45, 7) is -0.152. The number of para-hydroxylation sites is 3. The molecule has 6 heteroatoms. The monoisotopic (exact) mass is 398 g/mol. The molecule has 0 saturated heterocycles. The van der Waals surface area contributed by atoms with Crippen LogP contribution in [0.2, 0.25) is 0 Å². The molecule has 3 aromatic carbocycles. The Hall–Kier alpha value is -4.06. The van der Waals surface area contributed by atoms with Gasteiger partial charge in [-0.15, -0.1) is 0 Å². The minimum absolute atomic E-state index is 0.0729. The smallest absolute Gasteiger partial charge is 0.265 e. The van der Waals surface area contributed by atoms with E-state index >= 15 is 0 Å². The lowest BCUT2D eigenvalue weighted by molar-refractivity contribution is -0.123. The highest BCUT2D eigenvalue weighted by atomic mass is 16.5. The summed E-state index contributed by atoms with van der Waals surface area (Å²) in [6.07, 6.45) is 0. The molecule has 5 rings (SSSR count). The van der Waals surface area contributed by atoms with Gasteiger partial charge in [0.2, 0.25) is 5.91 Å². The van der Waals surface area contributed by atoms with Crippen LogP contribution in [0.5, 0.6) is 5.75 Å². The second-order valence-corrected chi connectivity index (χ2v) is 7.01. The molecule has 0 spiro atoms. The number of benzene rings is 3. The van der Waals surface area contributed by atoms with Crippen LogP contribution < -0.4 is 15.0 Å². The minimum Gasteiger partial charge on any atom is -0.482 e. The van der Waals surface area contributed by atoms with E-state index in [0.29, 0.717) is 17.1 Å². The van der Waals surface area contributed by atoms with Gasteiger partial charge in [0.1, 0.15) is 23.6 Å². The molecule has 6 nitrogen and oxygen atoms in total. The fourth-order valence-electron chi connectivity index (χ4n) is 3.51. The number of hydrogen-bond acceptors (Lipinski definition) is 4. The lowest BCUT2D eigenvalue weighted by atomic mass is 10.1. The highest BCUT2D eigenvalue weighted by Gasteiger charge is 2.26. The molecule has 1 N–H and O–H groups in total. The van der Waals surface area contributed by atoms with Gasteiger partial charge in [0.05, 0.1) is 5.69 Å². The summed E-state index contributed by atoms with van der Waals surface area (Å²) >= 11 is 0. The maximum Gasteiger partial charge on any atom is 0.265 e. The van der Waals surface area contributed by atoms with E-state index in [1.807, 2.05) is 66.7 Å². The zero-order valence-corrected chi connectivity index (χ0v) is 16.0. The molecule has 0 radical (unpaired) electrons. The third kappa shape index (κ3) is 3.39. The number of carbonyl (C=O) groups excluding carboxylic acids is 2. The predicted octanol–water partition coefficient (Wildman–Crippen LogP) is 4.46. The summed E-state index contributed by atoms with van der Waals surface area (Å²) in [7, 11) is 0. The van der Waals surface area contributed by atoms with Crippen LogP contribution in [0.25, 0.3) is 22.3 Å². The molecule has 0 unspecified atom stereocenters. The van der Waals surface area contributed by atoms with E-state index in [-0.39, 0.29) is 25.0 Å². The summed E-state index contributed by atoms with van der Waals surface area (Å²) in [5.41, 5.74) is 3.00. The van der Waals surface area contributed by atoms with Crippen LogP contribution >= 0.6 is 0 Å². The Kier molecular flexibility index (Phi) is 4.44. The van der Waals surface area contributed by atoms with Gasteiger partial charge in [0.25, 0.3) is 5.91 Å². The van der Waals surface area contributed by atoms with E-state index in [2.05, 4.69) is 5.32 Å². The van der Waals surface area contributed by atoms with Crippen molar-refractivity contribution in [2.24, 2.45) is 0 Å². The van der Waals surface area contributed by atoms with Crippen LogP contribution in [0.15, 0.2) is 83.3 Å². The van der Waals surface area contributed by atoms with Gasteiger partial charge >= 0.3 is 0 Å². The normalized spacial score (nSPS) is 13.1. The second kappa shape index (κ2) is 7.40. The molecule has 1 aromatic heterocycles. The Morgan fingerprint density at radius 3 is 2.57 bits per heavy atom. The Morgan fingerprint density at radius 1 is 0.967 bits per heavy atom. The number of ether oxygens (including phenoxy) is 1. The summed E-state index contributed by atoms with van der Waals surface area (Å²) in [4.78, 5) is 26.2. The van der Waals surface area contributed by atoms with Crippen LogP contribution in [-0.4, -0.2) is 25.0 Å². The van der Waals surface area contributed by atoms with Gasteiger partial charge in [-0.25, -0.2) is 0 Å². The first kappa shape index (κ1) is 18.0. The number of carbonyl (C=O) groups is 2. The van der Waals surface area contributed by atoms with E-state index in [4.69, 9.17) is 9.15 Å². The van der Waals surface area contributed by atoms with Gasteiger partial charge in [0.15, 0.2) is 6.61 Å². The fraction of sp³-hybridized carbons (Fsp3) is 0.0833. The van der Waals surface area contributed by atoms with Crippen molar-refractivity contribution in [2.45, 2.75) is 0 Å². The van der Waals surface area contributed by atoms with Gasteiger partial charge in [-0.3, -0.25) is 14.5 Å². The number of anilines is 2. The van der Waals surface area contributed by atoms with Crippen molar-refractivity contribution in [1.29, 1.82) is 0 Å². The minimum atomic E-state index is -0.281. The summed E-state index contributed by atoms with van der Waals surface area (Å²) in [5, 5.41) is 3.88. The lowest BCUT2D eigenvalue weighted by Gasteiger charge is -2.28. The molecular formula is C24H18N2O4. The van der Waals surface area contributed by atoms with Crippen LogP contribution in [0.1, 0.15) is 0 Å². The average molecular weight is 398 g/mol. The van der Waals surface area contributed by atoms with Gasteiger partial charge < -0.3 is 14.5 Å². The van der Waals surface area contributed by atoms with Crippen molar-refractivity contribution < 1.29 is 18.7 Å². The molecule has 30 heavy (non-hydrogen) atoms. The van der Waals surface area contributed by atoms with Crippen molar-refractivity contribution in [3.63, 3.8) is 0 Å². The summed E-state index contributed by atoms with van der Waals surface area (Å²) in [5.74, 6) is 0.838. The molecule has 0 atom stereocenters. The van der Waals surface area contributed by atoms with Gasteiger partial charge in [-0.05, 0) is 48.5 Å². The summed E-state index contributed by atoms with van der Waals surface area (Å²) in [6, 6.07) is 24.4. The number of fused-ring (bicyclic) bond motifs is 2. The van der Waals surface area contributed by atoms with E-state index < -0.39 is 0 Å². The summed E-state index contributed by atoms with van der Waals surface area (Å²) < 4.78 is 11.3. The first-order chi connectivity index (χ1) is 14.7. The lowest BCUT2D eigenvalue weighted by Crippen LogP contribution is -2.43. The Bertz CT molecular complexity index is 1210. The number of furan rings is 1. The molecule has 2 heterocycles. The maximum absolute atomic E-state index is 12.5. The number of nitrogens with zero attached hydrogens (tertiary/aromatic N) is 1. The van der Waals surface area contributed by atoms with Gasteiger partial charge in [0, 0.05) is 16.6 Å². The maximum atomic E-state index is 12.5. The van der Waals surface area contributed by atoms with Crippen LogP contribution in [-0.2, 0) is 9.59 Å². The largest absolute Gasteiger partial charge is 0.482 e. The predicted molar refractivity (Wildman–Crippen MR) is 115 cm³/mol. The van der Waals surface area contributed by atoms with Crippen LogP contribution in [0.4, 0.5) is 11.4 Å². The van der Waals surface area contributed by atoms with E-state index in [0.717, 1.165) is 22.3 Å². The Balaban J connectivity index is 1.29. The number of amides is 2. The highest BCUT2D eigenvalue weighted by molar-refractivity contribution is 6.05. The second-order valence-electron chi connectivity index (χ2n) is 7.01. The van der Waals surface area contributed by atoms with E-state index in [1.165, 1.54) is 4.90 Å². The third-order valence-electron chi connectivity index (χ3n) is 4.99. The van der Waals surface area contributed by atoms with Gasteiger partial charge in [-0.1, -0.05) is 30.3 Å². The number of nitrogens with one attached hydrogen (secondary N) is 1. The molecule has 0 fully saturated rings. The van der Waals surface area contributed by atoms with Crippen LogP contribution in [0, 0.1) is 0 Å². The van der Waals surface area contributed by atoms with Crippen molar-refractivity contribution in [1.82, 2.24) is 0 Å². The molecular weight excluding hydrogens is 380 g/mol. The number of hydrogen-bond donors (Lipinski definition) is 1. The average Bonchev–Trinajstić information content (AvgIpc) is 3.20. The van der Waals surface area contributed by atoms with Crippen molar-refractivity contribution >= 4 is 34.2 Å². The molecule has 0 aliphatic carbocycles. The SMILES string of the molecule is O=C(CN1C(=O)COc2ccccc21)Nc1ccc(-c2cc3ccccc3o2)cc1. The molecule has 0 saturated carbocycles. The van der Waals surface area contributed by atoms with Gasteiger partial charge in [-0.2, -0.15) is 0 Å².